The van der Waals surface area contributed by atoms with Gasteiger partial charge < -0.3 is 24.5 Å². The molecule has 40 heavy (non-hydrogen) atoms. The molecule has 0 radical (unpaired) electrons. The number of benzene rings is 1. The standard InChI is InChI=1S/C31H42ClN3O5/c1-6-17-33(5)27(37)23-24-28(38)35(19-10-9-11-20-36)26(31(24)16-15-30(23,8-3)40-31)29(39)34(18-7-2)25-21(4)13-12-14-22(25)32/h6-7,12-14,23-24,26,36H,1-2,8-11,15-20H2,3-5H3/t23-,24+,26?,30+,31?/m1/s1. The van der Waals surface area contributed by atoms with Gasteiger partial charge in [-0.1, -0.05) is 42.8 Å². The molecule has 3 heterocycles. The summed E-state index contributed by atoms with van der Waals surface area (Å²) in [6.45, 7) is 12.5. The molecule has 8 nitrogen and oxygen atoms in total. The molecule has 0 saturated carbocycles. The van der Waals surface area contributed by atoms with Crippen molar-refractivity contribution in [3.63, 3.8) is 0 Å². The number of aryl methyl sites for hydroxylation is 1. The van der Waals surface area contributed by atoms with Crippen molar-refractivity contribution >= 4 is 35.0 Å². The van der Waals surface area contributed by atoms with Crippen LogP contribution in [0, 0.1) is 18.8 Å². The quantitative estimate of drug-likeness (QED) is 0.284. The first kappa shape index (κ1) is 30.3. The van der Waals surface area contributed by atoms with Gasteiger partial charge in [-0.15, -0.1) is 13.2 Å². The third kappa shape index (κ3) is 4.78. The Labute approximate surface area is 242 Å². The number of halogens is 1. The first-order valence-electron chi connectivity index (χ1n) is 14.3. The van der Waals surface area contributed by atoms with Gasteiger partial charge in [0.05, 0.1) is 28.1 Å². The number of para-hydroxylation sites is 1. The number of anilines is 1. The first-order valence-corrected chi connectivity index (χ1v) is 14.7. The van der Waals surface area contributed by atoms with Crippen LogP contribution in [-0.4, -0.2) is 83.2 Å². The fraction of sp³-hybridized carbons (Fsp3) is 0.581. The van der Waals surface area contributed by atoms with E-state index in [1.807, 2.05) is 26.0 Å². The SMILES string of the molecule is C=CCN(C)C(=O)[C@H]1[C@H]2C(=O)N(CCCCCO)C(C(=O)N(CC=C)c3c(C)cccc3Cl)C23CC[C@]1(CC)O3. The van der Waals surface area contributed by atoms with Gasteiger partial charge in [-0.3, -0.25) is 14.4 Å². The molecule has 3 aliphatic rings. The number of carbonyl (C=O) groups excluding carboxylic acids is 3. The monoisotopic (exact) mass is 571 g/mol. The van der Waals surface area contributed by atoms with Gasteiger partial charge in [0.15, 0.2) is 0 Å². The number of unbranched alkanes of at least 4 members (excludes halogenated alkanes) is 2. The number of carbonyl (C=O) groups is 3. The molecule has 1 aromatic carbocycles. The van der Waals surface area contributed by atoms with Crippen LogP contribution in [-0.2, 0) is 19.1 Å². The highest BCUT2D eigenvalue weighted by Crippen LogP contribution is 2.64. The van der Waals surface area contributed by atoms with E-state index in [2.05, 4.69) is 13.2 Å². The summed E-state index contributed by atoms with van der Waals surface area (Å²) in [6.07, 6.45) is 6.93. The van der Waals surface area contributed by atoms with Crippen LogP contribution in [0.2, 0.25) is 5.02 Å². The maximum Gasteiger partial charge on any atom is 0.253 e. The molecule has 3 aliphatic heterocycles. The Morgan fingerprint density at radius 1 is 1.18 bits per heavy atom. The van der Waals surface area contributed by atoms with Crippen molar-refractivity contribution in [2.45, 2.75) is 69.6 Å². The molecule has 0 aromatic heterocycles. The summed E-state index contributed by atoms with van der Waals surface area (Å²) >= 11 is 6.63. The summed E-state index contributed by atoms with van der Waals surface area (Å²) in [7, 11) is 1.72. The zero-order valence-electron chi connectivity index (χ0n) is 23.9. The Hall–Kier alpha value is -2.68. The lowest BCUT2D eigenvalue weighted by Crippen LogP contribution is -2.56. The topological polar surface area (TPSA) is 90.4 Å². The van der Waals surface area contributed by atoms with Crippen LogP contribution in [0.1, 0.15) is 51.0 Å². The first-order chi connectivity index (χ1) is 19.1. The van der Waals surface area contributed by atoms with E-state index in [0.717, 1.165) is 5.56 Å². The van der Waals surface area contributed by atoms with E-state index in [1.165, 1.54) is 0 Å². The molecule has 2 unspecified atom stereocenters. The maximum atomic E-state index is 14.7. The number of nitrogens with zero attached hydrogens (tertiary/aromatic N) is 3. The summed E-state index contributed by atoms with van der Waals surface area (Å²) in [6, 6.07) is 4.56. The van der Waals surface area contributed by atoms with Gasteiger partial charge in [0, 0.05) is 33.3 Å². The van der Waals surface area contributed by atoms with Crippen LogP contribution in [0.25, 0.3) is 0 Å². The van der Waals surface area contributed by atoms with Crippen molar-refractivity contribution in [1.29, 1.82) is 0 Å². The van der Waals surface area contributed by atoms with Gasteiger partial charge in [-0.2, -0.15) is 0 Å². The number of fused-ring (bicyclic) bond motifs is 1. The molecule has 3 fully saturated rings. The molecule has 0 aliphatic carbocycles. The minimum atomic E-state index is -1.12. The molecule has 2 bridgehead atoms. The average molecular weight is 572 g/mol. The Balaban J connectivity index is 1.82. The molecule has 1 N–H and O–H groups in total. The van der Waals surface area contributed by atoms with Gasteiger partial charge in [0.2, 0.25) is 11.8 Å². The van der Waals surface area contributed by atoms with E-state index in [1.54, 1.807) is 40.0 Å². The lowest BCUT2D eigenvalue weighted by Gasteiger charge is -2.37. The van der Waals surface area contributed by atoms with Gasteiger partial charge in [-0.25, -0.2) is 0 Å². The maximum absolute atomic E-state index is 14.7. The largest absolute Gasteiger partial charge is 0.396 e. The third-order valence-electron chi connectivity index (χ3n) is 9.05. The van der Waals surface area contributed by atoms with Crippen molar-refractivity contribution in [3.05, 3.63) is 54.1 Å². The lowest BCUT2D eigenvalue weighted by atomic mass is 9.64. The second-order valence-corrected chi connectivity index (χ2v) is 11.7. The van der Waals surface area contributed by atoms with E-state index in [9.17, 15) is 19.5 Å². The zero-order chi connectivity index (χ0) is 29.2. The van der Waals surface area contributed by atoms with Gasteiger partial charge in [-0.05, 0) is 57.1 Å². The molecular weight excluding hydrogens is 530 g/mol. The summed E-state index contributed by atoms with van der Waals surface area (Å²) in [5.74, 6) is -2.09. The van der Waals surface area contributed by atoms with E-state index in [4.69, 9.17) is 16.3 Å². The normalized spacial score (nSPS) is 28.5. The predicted molar refractivity (Wildman–Crippen MR) is 156 cm³/mol. The molecular formula is C31H42ClN3O5. The number of rotatable bonds is 13. The van der Waals surface area contributed by atoms with Crippen molar-refractivity contribution < 1.29 is 24.2 Å². The zero-order valence-corrected chi connectivity index (χ0v) is 24.7. The second-order valence-electron chi connectivity index (χ2n) is 11.3. The molecule has 1 aromatic rings. The van der Waals surface area contributed by atoms with E-state index >= 15 is 0 Å². The molecule has 1 spiro atoms. The molecule has 4 rings (SSSR count). The van der Waals surface area contributed by atoms with Crippen molar-refractivity contribution in [3.8, 4) is 0 Å². The van der Waals surface area contributed by atoms with Crippen molar-refractivity contribution in [1.82, 2.24) is 9.80 Å². The van der Waals surface area contributed by atoms with Crippen LogP contribution in [0.4, 0.5) is 5.69 Å². The van der Waals surface area contributed by atoms with Crippen molar-refractivity contribution in [2.75, 3.05) is 38.2 Å². The highest BCUT2D eigenvalue weighted by molar-refractivity contribution is 6.34. The number of hydrogen-bond donors (Lipinski definition) is 1. The number of amides is 3. The molecule has 218 valence electrons. The Morgan fingerprint density at radius 2 is 1.90 bits per heavy atom. The smallest absolute Gasteiger partial charge is 0.253 e. The lowest BCUT2D eigenvalue weighted by molar-refractivity contribution is -0.150. The fourth-order valence-electron chi connectivity index (χ4n) is 7.24. The van der Waals surface area contributed by atoms with Crippen LogP contribution in [0.15, 0.2) is 43.5 Å². The predicted octanol–water partition coefficient (Wildman–Crippen LogP) is 4.13. The highest BCUT2D eigenvalue weighted by Gasteiger charge is 2.79. The summed E-state index contributed by atoms with van der Waals surface area (Å²) in [4.78, 5) is 47.8. The number of ether oxygens (including phenoxy) is 1. The number of hydrogen-bond acceptors (Lipinski definition) is 5. The Morgan fingerprint density at radius 3 is 2.52 bits per heavy atom. The average Bonchev–Trinajstić information content (AvgIpc) is 3.53. The van der Waals surface area contributed by atoms with E-state index in [0.29, 0.717) is 62.3 Å². The van der Waals surface area contributed by atoms with Gasteiger partial charge in [0.25, 0.3) is 5.91 Å². The summed E-state index contributed by atoms with van der Waals surface area (Å²) in [5.41, 5.74) is -0.516. The number of aliphatic hydroxyl groups is 1. The summed E-state index contributed by atoms with van der Waals surface area (Å²) in [5, 5.41) is 9.73. The fourth-order valence-corrected chi connectivity index (χ4v) is 7.56. The molecule has 3 saturated heterocycles. The van der Waals surface area contributed by atoms with Gasteiger partial charge in [0.1, 0.15) is 11.6 Å². The Bertz CT molecular complexity index is 1150. The molecule has 3 amide bonds. The second kappa shape index (κ2) is 12.0. The van der Waals surface area contributed by atoms with Crippen molar-refractivity contribution in [2.24, 2.45) is 11.8 Å². The minimum Gasteiger partial charge on any atom is -0.396 e. The number of likely N-dealkylation sites (tertiary alicyclic amines) is 1. The molecule has 9 heteroatoms. The minimum absolute atomic E-state index is 0.0656. The van der Waals surface area contributed by atoms with Crippen LogP contribution < -0.4 is 4.90 Å². The third-order valence-corrected chi connectivity index (χ3v) is 9.36. The van der Waals surface area contributed by atoms with E-state index < -0.39 is 29.1 Å². The van der Waals surface area contributed by atoms with Crippen LogP contribution in [0.5, 0.6) is 0 Å². The number of aliphatic hydroxyl groups excluding tert-OH is 1. The Kier molecular flexibility index (Phi) is 9.12. The number of likely N-dealkylation sites (N-methyl/N-ethyl adjacent to an activating group) is 1. The van der Waals surface area contributed by atoms with E-state index in [-0.39, 0.29) is 30.9 Å². The summed E-state index contributed by atoms with van der Waals surface area (Å²) < 4.78 is 6.89. The van der Waals surface area contributed by atoms with Gasteiger partial charge >= 0.3 is 0 Å². The van der Waals surface area contributed by atoms with Crippen LogP contribution >= 0.6 is 11.6 Å². The highest BCUT2D eigenvalue weighted by atomic mass is 35.5. The van der Waals surface area contributed by atoms with Crippen LogP contribution in [0.3, 0.4) is 0 Å². The molecule has 5 atom stereocenters.